The third kappa shape index (κ3) is 2020. The fraction of sp³-hybridized carbons (Fsp3) is 1.00. The van der Waals surface area contributed by atoms with Crippen molar-refractivity contribution in [3.05, 3.63) is 0 Å². The lowest BCUT2D eigenvalue weighted by molar-refractivity contribution is 1.91. The van der Waals surface area contributed by atoms with Gasteiger partial charge in [0.15, 0.2) is 0 Å². The van der Waals surface area contributed by atoms with Crippen LogP contribution in [-0.4, -0.2) is 37.4 Å². The Morgan fingerprint density at radius 1 is 0.385 bits per heavy atom. The summed E-state index contributed by atoms with van der Waals surface area (Å²) in [5, 5.41) is 0. The van der Waals surface area contributed by atoms with Crippen LogP contribution in [0.1, 0.15) is 0 Å². The molecular formula is C9H34Si4. The van der Waals surface area contributed by atoms with E-state index in [2.05, 4.69) is 58.9 Å². The topological polar surface area (TPSA) is 0 Å². The summed E-state index contributed by atoms with van der Waals surface area (Å²) in [7, 11) is -0.417. The molecule has 0 N–H and O–H groups in total. The average molecular weight is 255 g/mol. The first kappa shape index (κ1) is 23.6. The summed E-state index contributed by atoms with van der Waals surface area (Å²) in [4.78, 5) is 0. The third-order valence-corrected chi connectivity index (χ3v) is 0. The first-order chi connectivity index (χ1) is 5.20. The summed E-state index contributed by atoms with van der Waals surface area (Å²) >= 11 is 0. The van der Waals surface area contributed by atoms with E-state index >= 15 is 0 Å². The Balaban J connectivity index is -0.0000000450. The Labute approximate surface area is 96.4 Å². The highest BCUT2D eigenvalue weighted by Crippen LogP contribution is 1.68. The van der Waals surface area contributed by atoms with Gasteiger partial charge in [-0.25, -0.2) is 0 Å². The fourth-order valence-corrected chi connectivity index (χ4v) is 0. The Hall–Kier alpha value is 0.868. The minimum Gasteiger partial charge on any atom is -0.0724 e. The molecule has 86 valence electrons. The largest absolute Gasteiger partial charge is 0.0724 e. The molecule has 0 aromatic rings. The Morgan fingerprint density at radius 2 is 0.385 bits per heavy atom. The summed E-state index contributed by atoms with van der Waals surface area (Å²) in [5.41, 5.74) is 0. The number of hydrogen-bond acceptors (Lipinski definition) is 0. The van der Waals surface area contributed by atoms with Crippen LogP contribution in [0.25, 0.3) is 0 Å². The lowest BCUT2D eigenvalue weighted by Gasteiger charge is -1.75. The maximum absolute atomic E-state index is 2.31. The lowest BCUT2D eigenvalue weighted by Crippen LogP contribution is -1.84. The van der Waals surface area contributed by atoms with E-state index in [0.717, 1.165) is 0 Å². The van der Waals surface area contributed by atoms with Crippen LogP contribution in [0.3, 0.4) is 0 Å². The van der Waals surface area contributed by atoms with Crippen LogP contribution in [-0.2, 0) is 0 Å². The van der Waals surface area contributed by atoms with Gasteiger partial charge in [-0.2, -0.15) is 0 Å². The quantitative estimate of drug-likeness (QED) is 0.579. The highest BCUT2D eigenvalue weighted by molar-refractivity contribution is 6.54. The monoisotopic (exact) mass is 254 g/mol. The Kier molecular flexibility index (Phi) is 33.8. The number of rotatable bonds is 0. The normalized spacial score (nSPS) is 8.31. The highest BCUT2D eigenvalue weighted by Gasteiger charge is 1.72. The van der Waals surface area contributed by atoms with Crippen LogP contribution in [0.15, 0.2) is 0 Å². The molecule has 0 fully saturated rings. The van der Waals surface area contributed by atoms with Gasteiger partial charge in [-0.1, -0.05) is 58.9 Å². The second-order valence-corrected chi connectivity index (χ2v) is 15.6. The molecule has 0 aliphatic heterocycles. The van der Waals surface area contributed by atoms with Gasteiger partial charge in [-0.05, 0) is 11.0 Å². The van der Waals surface area contributed by atoms with E-state index in [1.807, 2.05) is 0 Å². The van der Waals surface area contributed by atoms with Crippen LogP contribution in [0.2, 0.25) is 58.9 Å². The summed E-state index contributed by atoms with van der Waals surface area (Å²) < 4.78 is 0. The zero-order chi connectivity index (χ0) is 10.7. The van der Waals surface area contributed by atoms with Crippen molar-refractivity contribution in [2.75, 3.05) is 0 Å². The van der Waals surface area contributed by atoms with Crippen LogP contribution < -0.4 is 0 Å². The van der Waals surface area contributed by atoms with Crippen molar-refractivity contribution in [3.63, 3.8) is 0 Å². The molecule has 0 radical (unpaired) electrons. The van der Waals surface area contributed by atoms with Crippen LogP contribution in [0, 0.1) is 0 Å². The van der Waals surface area contributed by atoms with Crippen molar-refractivity contribution in [1.82, 2.24) is 0 Å². The van der Waals surface area contributed by atoms with E-state index < -0.39 is 0 Å². The molecule has 0 aliphatic carbocycles. The summed E-state index contributed by atoms with van der Waals surface area (Å²) in [6.45, 7) is 20.8. The molecular weight excluding hydrogens is 220 g/mol. The van der Waals surface area contributed by atoms with E-state index in [-0.39, 0.29) is 37.4 Å². The van der Waals surface area contributed by atoms with Crippen molar-refractivity contribution in [3.8, 4) is 0 Å². The second kappa shape index (κ2) is 18.6. The molecule has 13 heavy (non-hydrogen) atoms. The highest BCUT2D eigenvalue weighted by atomic mass is 28.3. The predicted octanol–water partition coefficient (Wildman–Crippen LogP) is 1.86. The van der Waals surface area contributed by atoms with E-state index in [0.29, 0.717) is 0 Å². The molecule has 0 unspecified atom stereocenters. The van der Waals surface area contributed by atoms with Crippen LogP contribution >= 0.6 is 0 Å². The predicted molar refractivity (Wildman–Crippen MR) is 85.6 cm³/mol. The summed E-state index contributed by atoms with van der Waals surface area (Å²) in [6, 6.07) is 0. The van der Waals surface area contributed by atoms with E-state index in [4.69, 9.17) is 0 Å². The second-order valence-electron chi connectivity index (χ2n) is 5.20. The molecule has 0 saturated carbocycles. The molecule has 4 heteroatoms. The van der Waals surface area contributed by atoms with Crippen LogP contribution in [0.5, 0.6) is 0 Å². The van der Waals surface area contributed by atoms with E-state index in [1.54, 1.807) is 0 Å². The zero-order valence-electron chi connectivity index (χ0n) is 10.7. The molecule has 0 aromatic carbocycles. The molecule has 0 atom stereocenters. The van der Waals surface area contributed by atoms with Gasteiger partial charge in [0.2, 0.25) is 0 Å². The minimum atomic E-state index is -0.139. The molecule has 0 aliphatic rings. The summed E-state index contributed by atoms with van der Waals surface area (Å²) in [5.74, 6) is 0. The smallest absolute Gasteiger partial charge is 0.0274 e. The Bertz CT molecular complexity index is 40.1. The molecule has 0 amide bonds. The average Bonchev–Trinajstić information content (AvgIpc) is 1.54. The Morgan fingerprint density at radius 3 is 0.385 bits per heavy atom. The molecule has 0 saturated heterocycles. The standard InChI is InChI=1S/3C3H10Si.H4Si/c3*1-4(2)3;/h3*4H,1-3H3;1H4. The SMILES string of the molecule is C[SiH](C)C.C[SiH](C)C.C[SiH](C)C.[SiH4]. The van der Waals surface area contributed by atoms with Crippen molar-refractivity contribution in [2.45, 2.75) is 58.9 Å². The minimum absolute atomic E-state index is 0. The van der Waals surface area contributed by atoms with Gasteiger partial charge in [0, 0.05) is 26.4 Å². The van der Waals surface area contributed by atoms with Gasteiger partial charge in [0.1, 0.15) is 0 Å². The van der Waals surface area contributed by atoms with E-state index in [1.165, 1.54) is 0 Å². The van der Waals surface area contributed by atoms with Gasteiger partial charge >= 0.3 is 0 Å². The lowest BCUT2D eigenvalue weighted by atomic mass is 11.8. The third-order valence-electron chi connectivity index (χ3n) is 0. The molecule has 0 spiro atoms. The van der Waals surface area contributed by atoms with Gasteiger partial charge in [-0.3, -0.25) is 0 Å². The van der Waals surface area contributed by atoms with Crippen LogP contribution in [0.4, 0.5) is 0 Å². The van der Waals surface area contributed by atoms with Gasteiger partial charge < -0.3 is 0 Å². The van der Waals surface area contributed by atoms with Gasteiger partial charge in [0.05, 0.1) is 0 Å². The zero-order valence-corrected chi connectivity index (χ0v) is 14.2. The van der Waals surface area contributed by atoms with Crippen molar-refractivity contribution >= 4 is 37.4 Å². The number of hydrogen-bond donors (Lipinski definition) is 0. The molecule has 0 rings (SSSR count). The summed E-state index contributed by atoms with van der Waals surface area (Å²) in [6.07, 6.45) is 0. The molecule has 0 aromatic heterocycles. The molecule has 0 heterocycles. The van der Waals surface area contributed by atoms with E-state index in [9.17, 15) is 0 Å². The van der Waals surface area contributed by atoms with Gasteiger partial charge in [0.25, 0.3) is 0 Å². The van der Waals surface area contributed by atoms with Gasteiger partial charge in [-0.15, -0.1) is 0 Å². The first-order valence-corrected chi connectivity index (χ1v) is 15.6. The molecule has 0 bridgehead atoms. The van der Waals surface area contributed by atoms with Crippen molar-refractivity contribution in [1.29, 1.82) is 0 Å². The maximum Gasteiger partial charge on any atom is 0.0274 e. The van der Waals surface area contributed by atoms with Crippen molar-refractivity contribution in [2.24, 2.45) is 0 Å². The maximum atomic E-state index is 2.31. The molecule has 0 nitrogen and oxygen atoms in total. The fourth-order valence-electron chi connectivity index (χ4n) is 0. The van der Waals surface area contributed by atoms with Crippen molar-refractivity contribution < 1.29 is 0 Å². The first-order valence-electron chi connectivity index (χ1n) is 5.20.